The lowest BCUT2D eigenvalue weighted by atomic mass is 10.2. The molecular weight excluding hydrogens is 420 g/mol. The van der Waals surface area contributed by atoms with E-state index in [9.17, 15) is 4.79 Å². The second-order valence-corrected chi connectivity index (χ2v) is 7.44. The van der Waals surface area contributed by atoms with Crippen LogP contribution in [0.1, 0.15) is 19.4 Å². The topological polar surface area (TPSA) is 69.3 Å². The molecule has 0 spiro atoms. The predicted octanol–water partition coefficient (Wildman–Crippen LogP) is 4.30. The second-order valence-electron chi connectivity index (χ2n) is 7.03. The lowest BCUT2D eigenvalue weighted by Crippen LogP contribution is -2.36. The van der Waals surface area contributed by atoms with Gasteiger partial charge in [-0.3, -0.25) is 4.79 Å². The van der Waals surface area contributed by atoms with Crippen molar-refractivity contribution in [2.24, 2.45) is 0 Å². The van der Waals surface area contributed by atoms with Crippen LogP contribution in [0.15, 0.2) is 30.3 Å². The van der Waals surface area contributed by atoms with Crippen molar-refractivity contribution < 1.29 is 23.7 Å². The molecule has 1 heterocycles. The number of carbonyl (C=O) groups is 1. The van der Waals surface area contributed by atoms with Gasteiger partial charge in [0, 0.05) is 30.2 Å². The lowest BCUT2D eigenvalue weighted by Gasteiger charge is -2.31. The number of nitrogens with one attached hydrogen (secondary N) is 1. The molecule has 31 heavy (non-hydrogen) atoms. The molecule has 1 amide bonds. The molecule has 0 unspecified atom stereocenters. The minimum absolute atomic E-state index is 0.137. The summed E-state index contributed by atoms with van der Waals surface area (Å²) in [6, 6.07) is 9.00. The van der Waals surface area contributed by atoms with Crippen LogP contribution in [0.5, 0.6) is 17.2 Å². The quantitative estimate of drug-likeness (QED) is 0.616. The van der Waals surface area contributed by atoms with E-state index in [1.165, 1.54) is 0 Å². The molecule has 0 atom stereocenters. The third kappa shape index (κ3) is 6.18. The molecule has 1 aliphatic heterocycles. The maximum atomic E-state index is 12.6. The highest BCUT2D eigenvalue weighted by molar-refractivity contribution is 6.31. The zero-order valence-corrected chi connectivity index (χ0v) is 19.0. The minimum atomic E-state index is -0.296. The molecule has 1 aliphatic rings. The molecule has 0 aliphatic carbocycles. The molecule has 168 valence electrons. The summed E-state index contributed by atoms with van der Waals surface area (Å²) >= 11 is 6.04. The van der Waals surface area contributed by atoms with E-state index in [-0.39, 0.29) is 12.5 Å². The van der Waals surface area contributed by atoms with E-state index in [1.54, 1.807) is 18.2 Å². The van der Waals surface area contributed by atoms with Gasteiger partial charge in [0.15, 0.2) is 6.61 Å². The molecule has 0 saturated carbocycles. The number of ether oxygens (including phenoxy) is 4. The lowest BCUT2D eigenvalue weighted by molar-refractivity contribution is -0.118. The summed E-state index contributed by atoms with van der Waals surface area (Å²) in [7, 11) is 0. The molecule has 0 aromatic heterocycles. The number of benzene rings is 2. The summed E-state index contributed by atoms with van der Waals surface area (Å²) in [6.07, 6.45) is 0. The molecular formula is C23H29ClN2O5. The first-order valence-corrected chi connectivity index (χ1v) is 10.8. The molecule has 0 radical (unpaired) electrons. The van der Waals surface area contributed by atoms with Crippen LogP contribution in [-0.4, -0.2) is 52.0 Å². The zero-order valence-electron chi connectivity index (χ0n) is 18.2. The Labute approximate surface area is 188 Å². The van der Waals surface area contributed by atoms with Gasteiger partial charge >= 0.3 is 0 Å². The zero-order chi connectivity index (χ0) is 22.2. The summed E-state index contributed by atoms with van der Waals surface area (Å²) in [5.41, 5.74) is 2.36. The van der Waals surface area contributed by atoms with Crippen molar-refractivity contribution in [1.82, 2.24) is 0 Å². The number of hydrogen-bond donors (Lipinski definition) is 1. The first-order chi connectivity index (χ1) is 15.0. The molecule has 1 N–H and O–H groups in total. The van der Waals surface area contributed by atoms with Gasteiger partial charge in [0.2, 0.25) is 0 Å². The van der Waals surface area contributed by atoms with Crippen molar-refractivity contribution in [3.05, 3.63) is 40.9 Å². The van der Waals surface area contributed by atoms with E-state index in [0.717, 1.165) is 24.3 Å². The number of nitrogens with zero attached hydrogens (tertiary/aromatic N) is 1. The van der Waals surface area contributed by atoms with Crippen molar-refractivity contribution >= 4 is 28.9 Å². The number of aryl methyl sites for hydroxylation is 1. The van der Waals surface area contributed by atoms with Crippen molar-refractivity contribution in [3.63, 3.8) is 0 Å². The van der Waals surface area contributed by atoms with Crippen LogP contribution in [0.25, 0.3) is 0 Å². The van der Waals surface area contributed by atoms with Crippen LogP contribution in [0.2, 0.25) is 5.02 Å². The van der Waals surface area contributed by atoms with Crippen LogP contribution in [0.3, 0.4) is 0 Å². The van der Waals surface area contributed by atoms with Crippen LogP contribution in [0, 0.1) is 6.92 Å². The minimum Gasteiger partial charge on any atom is -0.492 e. The number of morpholine rings is 1. The van der Waals surface area contributed by atoms with E-state index < -0.39 is 0 Å². The van der Waals surface area contributed by atoms with Gasteiger partial charge in [0.05, 0.1) is 37.8 Å². The van der Waals surface area contributed by atoms with Gasteiger partial charge in [-0.2, -0.15) is 0 Å². The fourth-order valence-corrected chi connectivity index (χ4v) is 3.40. The SMILES string of the molecule is CCOc1cc(N2CCOCC2)c(OCC)cc1NC(=O)COc1ccc(Cl)c(C)c1. The Bertz CT molecular complexity index is 900. The van der Waals surface area contributed by atoms with Gasteiger partial charge in [0.25, 0.3) is 5.91 Å². The molecule has 1 saturated heterocycles. The fourth-order valence-electron chi connectivity index (χ4n) is 3.29. The molecule has 2 aromatic rings. The average molecular weight is 449 g/mol. The standard InChI is InChI=1S/C23H29ClN2O5/c1-4-29-21-14-20(26-8-10-28-11-9-26)22(30-5-2)13-19(21)25-23(27)15-31-17-6-7-18(24)16(3)12-17/h6-7,12-14H,4-5,8-11,15H2,1-3H3,(H,25,27). The van der Waals surface area contributed by atoms with E-state index >= 15 is 0 Å². The summed E-state index contributed by atoms with van der Waals surface area (Å²) in [5, 5.41) is 3.54. The maximum Gasteiger partial charge on any atom is 0.262 e. The van der Waals surface area contributed by atoms with Crippen molar-refractivity contribution in [1.29, 1.82) is 0 Å². The van der Waals surface area contributed by atoms with Crippen LogP contribution < -0.4 is 24.4 Å². The normalized spacial score (nSPS) is 13.6. The van der Waals surface area contributed by atoms with E-state index in [2.05, 4.69) is 10.2 Å². The maximum absolute atomic E-state index is 12.6. The van der Waals surface area contributed by atoms with Crippen molar-refractivity contribution in [2.45, 2.75) is 20.8 Å². The Morgan fingerprint density at radius 1 is 1.06 bits per heavy atom. The molecule has 7 nitrogen and oxygen atoms in total. The predicted molar refractivity (Wildman–Crippen MR) is 122 cm³/mol. The third-order valence-electron chi connectivity index (χ3n) is 4.79. The summed E-state index contributed by atoms with van der Waals surface area (Å²) in [4.78, 5) is 14.8. The van der Waals surface area contributed by atoms with E-state index in [1.807, 2.05) is 32.9 Å². The summed E-state index contributed by atoms with van der Waals surface area (Å²) in [6.45, 7) is 9.43. The highest BCUT2D eigenvalue weighted by Crippen LogP contribution is 2.39. The highest BCUT2D eigenvalue weighted by Gasteiger charge is 2.20. The Morgan fingerprint density at radius 3 is 2.45 bits per heavy atom. The van der Waals surface area contributed by atoms with Crippen LogP contribution >= 0.6 is 11.6 Å². The third-order valence-corrected chi connectivity index (χ3v) is 5.21. The van der Waals surface area contributed by atoms with Gasteiger partial charge in [-0.15, -0.1) is 0 Å². The van der Waals surface area contributed by atoms with Gasteiger partial charge in [-0.25, -0.2) is 0 Å². The fraction of sp³-hybridized carbons (Fsp3) is 0.435. The molecule has 1 fully saturated rings. The average Bonchev–Trinajstić information content (AvgIpc) is 2.77. The molecule has 3 rings (SSSR count). The molecule has 8 heteroatoms. The molecule has 0 bridgehead atoms. The number of carbonyl (C=O) groups excluding carboxylic acids is 1. The second kappa shape index (κ2) is 11.1. The number of rotatable bonds is 9. The number of hydrogen-bond acceptors (Lipinski definition) is 6. The number of amides is 1. The van der Waals surface area contributed by atoms with Crippen molar-refractivity contribution in [2.75, 3.05) is 56.3 Å². The van der Waals surface area contributed by atoms with Crippen LogP contribution in [-0.2, 0) is 9.53 Å². The first kappa shape index (κ1) is 23.0. The smallest absolute Gasteiger partial charge is 0.262 e. The number of halogens is 1. The monoisotopic (exact) mass is 448 g/mol. The highest BCUT2D eigenvalue weighted by atomic mass is 35.5. The summed E-state index contributed by atoms with van der Waals surface area (Å²) < 4.78 is 22.7. The first-order valence-electron chi connectivity index (χ1n) is 10.5. The largest absolute Gasteiger partial charge is 0.492 e. The van der Waals surface area contributed by atoms with Gasteiger partial charge in [0.1, 0.15) is 17.2 Å². The Kier molecular flexibility index (Phi) is 8.26. The van der Waals surface area contributed by atoms with E-state index in [0.29, 0.717) is 54.4 Å². The van der Waals surface area contributed by atoms with E-state index in [4.69, 9.17) is 30.5 Å². The Balaban J connectivity index is 1.76. The molecule has 2 aromatic carbocycles. The Hall–Kier alpha value is -2.64. The summed E-state index contributed by atoms with van der Waals surface area (Å²) in [5.74, 6) is 1.57. The van der Waals surface area contributed by atoms with Crippen molar-refractivity contribution in [3.8, 4) is 17.2 Å². The van der Waals surface area contributed by atoms with Gasteiger partial charge < -0.3 is 29.2 Å². The van der Waals surface area contributed by atoms with Gasteiger partial charge in [-0.1, -0.05) is 11.6 Å². The van der Waals surface area contributed by atoms with Gasteiger partial charge in [-0.05, 0) is 44.5 Å². The van der Waals surface area contributed by atoms with Crippen LogP contribution in [0.4, 0.5) is 11.4 Å². The number of anilines is 2. The Morgan fingerprint density at radius 2 is 1.77 bits per heavy atom.